The maximum atomic E-state index is 11.7. The van der Waals surface area contributed by atoms with Gasteiger partial charge in [-0.1, -0.05) is 23.7 Å². The molecular formula is C14H19ClN2O2. The first kappa shape index (κ1) is 14.2. The highest BCUT2D eigenvalue weighted by Crippen LogP contribution is 2.13. The Morgan fingerprint density at radius 2 is 2.11 bits per heavy atom. The van der Waals surface area contributed by atoms with Crippen LogP contribution in [0.3, 0.4) is 0 Å². The van der Waals surface area contributed by atoms with Crippen molar-refractivity contribution in [3.05, 3.63) is 34.9 Å². The molecule has 0 saturated carbocycles. The fourth-order valence-corrected chi connectivity index (χ4v) is 2.29. The van der Waals surface area contributed by atoms with E-state index in [2.05, 4.69) is 10.6 Å². The molecule has 0 aromatic heterocycles. The molecule has 0 unspecified atom stereocenters. The molecule has 2 N–H and O–H groups in total. The van der Waals surface area contributed by atoms with E-state index in [1.807, 2.05) is 24.3 Å². The summed E-state index contributed by atoms with van der Waals surface area (Å²) < 4.78 is 5.28. The van der Waals surface area contributed by atoms with Crippen LogP contribution < -0.4 is 10.6 Å². The second-order valence-corrected chi connectivity index (χ2v) is 5.19. The first-order valence-electron chi connectivity index (χ1n) is 6.58. The molecule has 1 heterocycles. The average molecular weight is 283 g/mol. The lowest BCUT2D eigenvalue weighted by molar-refractivity contribution is 0.0669. The van der Waals surface area contributed by atoms with Crippen LogP contribution >= 0.6 is 11.6 Å². The van der Waals surface area contributed by atoms with E-state index < -0.39 is 0 Å². The van der Waals surface area contributed by atoms with E-state index in [9.17, 15) is 4.79 Å². The normalized spacial score (nSPS) is 16.1. The fourth-order valence-electron chi connectivity index (χ4n) is 2.08. The molecule has 4 nitrogen and oxygen atoms in total. The van der Waals surface area contributed by atoms with E-state index in [0.29, 0.717) is 24.0 Å². The molecule has 1 aliphatic rings. The van der Waals surface area contributed by atoms with Gasteiger partial charge in [-0.15, -0.1) is 0 Å². The standard InChI is InChI=1S/C14H19ClN2O2/c15-13-3-1-2-12(8-13)10-17-14(18)16-9-11-4-6-19-7-5-11/h1-3,8,11H,4-7,9-10H2,(H2,16,17,18). The minimum absolute atomic E-state index is 0.133. The molecule has 19 heavy (non-hydrogen) atoms. The van der Waals surface area contributed by atoms with Crippen molar-refractivity contribution in [3.8, 4) is 0 Å². The van der Waals surface area contributed by atoms with E-state index in [4.69, 9.17) is 16.3 Å². The lowest BCUT2D eigenvalue weighted by Crippen LogP contribution is -2.39. The summed E-state index contributed by atoms with van der Waals surface area (Å²) in [6.07, 6.45) is 2.04. The molecule has 1 aromatic carbocycles. The summed E-state index contributed by atoms with van der Waals surface area (Å²) in [5, 5.41) is 6.41. The van der Waals surface area contributed by atoms with Crippen LogP contribution in [-0.2, 0) is 11.3 Å². The first-order valence-corrected chi connectivity index (χ1v) is 6.96. The molecule has 0 aliphatic carbocycles. The summed E-state index contributed by atoms with van der Waals surface area (Å²) in [7, 11) is 0. The van der Waals surface area contributed by atoms with Crippen LogP contribution in [0.5, 0.6) is 0 Å². The van der Waals surface area contributed by atoms with Crippen molar-refractivity contribution in [2.75, 3.05) is 19.8 Å². The molecular weight excluding hydrogens is 264 g/mol. The minimum Gasteiger partial charge on any atom is -0.381 e. The predicted octanol–water partition coefficient (Wildman–Crippen LogP) is 2.57. The van der Waals surface area contributed by atoms with E-state index in [0.717, 1.165) is 31.6 Å². The van der Waals surface area contributed by atoms with Crippen LogP contribution in [0.4, 0.5) is 4.79 Å². The molecule has 2 rings (SSSR count). The van der Waals surface area contributed by atoms with Gasteiger partial charge in [0.1, 0.15) is 0 Å². The quantitative estimate of drug-likeness (QED) is 0.892. The van der Waals surface area contributed by atoms with Crippen molar-refractivity contribution >= 4 is 17.6 Å². The van der Waals surface area contributed by atoms with Gasteiger partial charge in [0.2, 0.25) is 0 Å². The molecule has 2 amide bonds. The molecule has 0 radical (unpaired) electrons. The number of urea groups is 1. The lowest BCUT2D eigenvalue weighted by atomic mass is 10.0. The summed E-state index contributed by atoms with van der Waals surface area (Å²) in [5.41, 5.74) is 0.994. The largest absolute Gasteiger partial charge is 0.381 e. The molecule has 0 atom stereocenters. The Kier molecular flexibility index (Phi) is 5.48. The molecule has 1 aromatic rings. The van der Waals surface area contributed by atoms with Gasteiger partial charge in [0, 0.05) is 31.3 Å². The third-order valence-corrected chi connectivity index (χ3v) is 3.47. The summed E-state index contributed by atoms with van der Waals surface area (Å²) >= 11 is 5.88. The number of rotatable bonds is 4. The van der Waals surface area contributed by atoms with Crippen LogP contribution in [0.2, 0.25) is 5.02 Å². The van der Waals surface area contributed by atoms with Crippen molar-refractivity contribution < 1.29 is 9.53 Å². The molecule has 0 bridgehead atoms. The SMILES string of the molecule is O=C(NCc1cccc(Cl)c1)NCC1CCOCC1. The van der Waals surface area contributed by atoms with Crippen molar-refractivity contribution in [1.82, 2.24) is 10.6 Å². The van der Waals surface area contributed by atoms with Gasteiger partial charge < -0.3 is 15.4 Å². The Hall–Kier alpha value is -1.26. The zero-order valence-electron chi connectivity index (χ0n) is 10.8. The Morgan fingerprint density at radius 1 is 1.32 bits per heavy atom. The molecule has 1 saturated heterocycles. The maximum absolute atomic E-state index is 11.7. The van der Waals surface area contributed by atoms with Crippen LogP contribution in [0.25, 0.3) is 0 Å². The molecule has 0 spiro atoms. The number of benzene rings is 1. The van der Waals surface area contributed by atoms with Crippen LogP contribution in [0.15, 0.2) is 24.3 Å². The highest BCUT2D eigenvalue weighted by Gasteiger charge is 2.14. The number of ether oxygens (including phenoxy) is 1. The van der Waals surface area contributed by atoms with E-state index in [1.165, 1.54) is 0 Å². The van der Waals surface area contributed by atoms with Gasteiger partial charge in [-0.25, -0.2) is 4.79 Å². The van der Waals surface area contributed by atoms with Gasteiger partial charge in [-0.3, -0.25) is 0 Å². The number of nitrogens with one attached hydrogen (secondary N) is 2. The van der Waals surface area contributed by atoms with Crippen LogP contribution in [0.1, 0.15) is 18.4 Å². The summed E-state index contributed by atoms with van der Waals surface area (Å²) in [6.45, 7) is 2.80. The van der Waals surface area contributed by atoms with Crippen molar-refractivity contribution in [2.24, 2.45) is 5.92 Å². The number of hydrogen-bond donors (Lipinski definition) is 2. The van der Waals surface area contributed by atoms with E-state index >= 15 is 0 Å². The van der Waals surface area contributed by atoms with Gasteiger partial charge in [0.05, 0.1) is 0 Å². The Balaban J connectivity index is 1.66. The fraction of sp³-hybridized carbons (Fsp3) is 0.500. The van der Waals surface area contributed by atoms with Crippen molar-refractivity contribution in [3.63, 3.8) is 0 Å². The number of hydrogen-bond acceptors (Lipinski definition) is 2. The van der Waals surface area contributed by atoms with Gasteiger partial charge in [0.25, 0.3) is 0 Å². The highest BCUT2D eigenvalue weighted by molar-refractivity contribution is 6.30. The highest BCUT2D eigenvalue weighted by atomic mass is 35.5. The Labute approximate surface area is 118 Å². The van der Waals surface area contributed by atoms with E-state index in [1.54, 1.807) is 0 Å². The third kappa shape index (κ3) is 5.09. The van der Waals surface area contributed by atoms with Gasteiger partial charge in [-0.2, -0.15) is 0 Å². The monoisotopic (exact) mass is 282 g/mol. The Morgan fingerprint density at radius 3 is 2.84 bits per heavy atom. The summed E-state index contributed by atoms with van der Waals surface area (Å²) in [4.78, 5) is 11.7. The summed E-state index contributed by atoms with van der Waals surface area (Å²) in [6, 6.07) is 7.34. The van der Waals surface area contributed by atoms with Crippen LogP contribution in [0, 0.1) is 5.92 Å². The molecule has 104 valence electrons. The second kappa shape index (κ2) is 7.36. The Bertz CT molecular complexity index is 420. The second-order valence-electron chi connectivity index (χ2n) is 4.75. The lowest BCUT2D eigenvalue weighted by Gasteiger charge is -2.22. The number of carbonyl (C=O) groups is 1. The van der Waals surface area contributed by atoms with Crippen molar-refractivity contribution in [1.29, 1.82) is 0 Å². The molecule has 5 heteroatoms. The van der Waals surface area contributed by atoms with E-state index in [-0.39, 0.29) is 6.03 Å². The van der Waals surface area contributed by atoms with Gasteiger partial charge >= 0.3 is 6.03 Å². The minimum atomic E-state index is -0.133. The van der Waals surface area contributed by atoms with Crippen molar-refractivity contribution in [2.45, 2.75) is 19.4 Å². The van der Waals surface area contributed by atoms with Gasteiger partial charge in [-0.05, 0) is 36.5 Å². The number of carbonyl (C=O) groups excluding carboxylic acids is 1. The zero-order chi connectivity index (χ0) is 13.5. The summed E-state index contributed by atoms with van der Waals surface area (Å²) in [5.74, 6) is 0.533. The first-order chi connectivity index (χ1) is 9.24. The van der Waals surface area contributed by atoms with Crippen LogP contribution in [-0.4, -0.2) is 25.8 Å². The topological polar surface area (TPSA) is 50.4 Å². The maximum Gasteiger partial charge on any atom is 0.315 e. The third-order valence-electron chi connectivity index (χ3n) is 3.23. The zero-order valence-corrected chi connectivity index (χ0v) is 11.6. The number of amides is 2. The molecule has 1 aliphatic heterocycles. The smallest absolute Gasteiger partial charge is 0.315 e. The predicted molar refractivity (Wildman–Crippen MR) is 75.2 cm³/mol. The number of halogens is 1. The molecule has 1 fully saturated rings. The average Bonchev–Trinajstić information content (AvgIpc) is 2.44. The van der Waals surface area contributed by atoms with Gasteiger partial charge in [0.15, 0.2) is 0 Å².